The molecule has 0 unspecified atom stereocenters. The van der Waals surface area contributed by atoms with Gasteiger partial charge >= 0.3 is 0 Å². The van der Waals surface area contributed by atoms with Crippen molar-refractivity contribution in [2.24, 2.45) is 5.92 Å². The molecular formula is C15H17N3O2S. The molecular weight excluding hydrogens is 286 g/mol. The molecule has 0 radical (unpaired) electrons. The van der Waals surface area contributed by atoms with E-state index in [4.69, 9.17) is 12.2 Å². The zero-order chi connectivity index (χ0) is 15.1. The highest BCUT2D eigenvalue weighted by atomic mass is 32.1. The maximum atomic E-state index is 12.0. The number of hydrogen-bond acceptors (Lipinski definition) is 4. The number of H-pyrrole nitrogens is 1. The zero-order valence-corrected chi connectivity index (χ0v) is 12.3. The lowest BCUT2D eigenvalue weighted by Crippen LogP contribution is -2.32. The zero-order valence-electron chi connectivity index (χ0n) is 11.5. The van der Waals surface area contributed by atoms with Crippen LogP contribution in [0.25, 0.3) is 0 Å². The molecule has 6 heteroatoms. The van der Waals surface area contributed by atoms with E-state index >= 15 is 0 Å². The second-order valence-electron chi connectivity index (χ2n) is 4.70. The van der Waals surface area contributed by atoms with Gasteiger partial charge in [-0.15, -0.1) is 0 Å². The van der Waals surface area contributed by atoms with Gasteiger partial charge in [0.1, 0.15) is 4.64 Å². The Bertz CT molecular complexity index is 643. The Balaban J connectivity index is 1.93. The maximum absolute atomic E-state index is 12.0. The van der Waals surface area contributed by atoms with Crippen LogP contribution in [0.2, 0.25) is 0 Å². The van der Waals surface area contributed by atoms with Crippen LogP contribution in [-0.2, 0) is 6.42 Å². The summed E-state index contributed by atoms with van der Waals surface area (Å²) in [6.07, 6.45) is 4.00. The number of aliphatic hydroxyl groups is 1. The van der Waals surface area contributed by atoms with Crippen molar-refractivity contribution >= 4 is 18.1 Å². The average molecular weight is 303 g/mol. The Labute approximate surface area is 128 Å². The fourth-order valence-corrected chi connectivity index (χ4v) is 2.18. The fourth-order valence-electron chi connectivity index (χ4n) is 1.95. The molecule has 0 aliphatic heterocycles. The molecule has 0 aromatic carbocycles. The number of rotatable bonds is 6. The first kappa shape index (κ1) is 15.3. The summed E-state index contributed by atoms with van der Waals surface area (Å²) in [6.45, 7) is 0.355. The predicted molar refractivity (Wildman–Crippen MR) is 82.5 cm³/mol. The topological polar surface area (TPSA) is 78.0 Å². The van der Waals surface area contributed by atoms with Gasteiger partial charge in [-0.2, -0.15) is 0 Å². The van der Waals surface area contributed by atoms with E-state index in [2.05, 4.69) is 15.3 Å². The first-order valence-corrected chi connectivity index (χ1v) is 7.08. The number of pyridine rings is 2. The summed E-state index contributed by atoms with van der Waals surface area (Å²) in [4.78, 5) is 19.1. The van der Waals surface area contributed by atoms with Gasteiger partial charge in [-0.1, -0.05) is 18.3 Å². The Kier molecular flexibility index (Phi) is 5.59. The molecule has 2 heterocycles. The van der Waals surface area contributed by atoms with Crippen molar-refractivity contribution in [2.75, 3.05) is 13.2 Å². The van der Waals surface area contributed by atoms with Crippen LogP contribution >= 0.6 is 12.2 Å². The number of aromatic nitrogens is 2. The van der Waals surface area contributed by atoms with E-state index in [1.165, 1.54) is 0 Å². The van der Waals surface area contributed by atoms with Crippen LogP contribution in [-0.4, -0.2) is 34.1 Å². The molecule has 1 atom stereocenters. The summed E-state index contributed by atoms with van der Waals surface area (Å²) in [5.74, 6) is -0.318. The van der Waals surface area contributed by atoms with Crippen molar-refractivity contribution in [3.8, 4) is 0 Å². The minimum absolute atomic E-state index is 0.0154. The number of carbonyl (C=O) groups is 1. The van der Waals surface area contributed by atoms with E-state index in [0.29, 0.717) is 23.2 Å². The molecule has 110 valence electrons. The average Bonchev–Trinajstić information content (AvgIpc) is 2.52. The van der Waals surface area contributed by atoms with E-state index in [9.17, 15) is 9.90 Å². The number of nitrogens with one attached hydrogen (secondary N) is 2. The normalized spacial score (nSPS) is 11.9. The molecule has 0 saturated heterocycles. The second-order valence-corrected chi connectivity index (χ2v) is 5.10. The van der Waals surface area contributed by atoms with Gasteiger partial charge in [0.25, 0.3) is 5.91 Å². The van der Waals surface area contributed by atoms with E-state index in [0.717, 1.165) is 5.69 Å². The summed E-state index contributed by atoms with van der Waals surface area (Å²) in [6, 6.07) is 9.04. The minimum atomic E-state index is -0.240. The third kappa shape index (κ3) is 4.47. The second kappa shape index (κ2) is 7.66. The van der Waals surface area contributed by atoms with Crippen molar-refractivity contribution in [1.29, 1.82) is 0 Å². The van der Waals surface area contributed by atoms with Gasteiger partial charge in [-0.3, -0.25) is 9.78 Å². The first-order chi connectivity index (χ1) is 10.2. The number of amides is 1. The molecule has 1 amide bonds. The summed E-state index contributed by atoms with van der Waals surface area (Å²) < 4.78 is 0.403. The summed E-state index contributed by atoms with van der Waals surface area (Å²) >= 11 is 5.07. The van der Waals surface area contributed by atoms with Gasteiger partial charge in [0.15, 0.2) is 0 Å². The van der Waals surface area contributed by atoms with Crippen LogP contribution in [0.1, 0.15) is 16.1 Å². The minimum Gasteiger partial charge on any atom is -0.396 e. The van der Waals surface area contributed by atoms with Gasteiger partial charge in [-0.25, -0.2) is 0 Å². The van der Waals surface area contributed by atoms with Crippen molar-refractivity contribution in [3.05, 3.63) is 58.6 Å². The highest BCUT2D eigenvalue weighted by Crippen LogP contribution is 2.06. The maximum Gasteiger partial charge on any atom is 0.254 e. The molecule has 0 fully saturated rings. The molecule has 21 heavy (non-hydrogen) atoms. The van der Waals surface area contributed by atoms with Gasteiger partial charge in [0.05, 0.1) is 5.56 Å². The van der Waals surface area contributed by atoms with E-state index in [-0.39, 0.29) is 18.4 Å². The SMILES string of the molecule is O=C(NC[C@@H](CO)Cc1ccccn1)c1ccc[nH]c1=S. The Morgan fingerprint density at radius 2 is 2.24 bits per heavy atom. The largest absolute Gasteiger partial charge is 0.396 e. The quantitative estimate of drug-likeness (QED) is 0.710. The first-order valence-electron chi connectivity index (χ1n) is 6.67. The van der Waals surface area contributed by atoms with Crippen LogP contribution in [0.4, 0.5) is 0 Å². The molecule has 5 nitrogen and oxygen atoms in total. The molecule has 0 saturated carbocycles. The lowest BCUT2D eigenvalue weighted by atomic mass is 10.0. The Hall–Kier alpha value is -2.05. The van der Waals surface area contributed by atoms with Gasteiger partial charge in [-0.05, 0) is 30.7 Å². The van der Waals surface area contributed by atoms with E-state index < -0.39 is 0 Å². The summed E-state index contributed by atoms with van der Waals surface area (Å²) in [7, 11) is 0. The molecule has 3 N–H and O–H groups in total. The van der Waals surface area contributed by atoms with E-state index in [1.807, 2.05) is 18.2 Å². The van der Waals surface area contributed by atoms with Crippen LogP contribution < -0.4 is 5.32 Å². The molecule has 2 aromatic heterocycles. The molecule has 0 spiro atoms. The number of hydrogen-bond donors (Lipinski definition) is 3. The fraction of sp³-hybridized carbons (Fsp3) is 0.267. The van der Waals surface area contributed by atoms with Crippen molar-refractivity contribution in [2.45, 2.75) is 6.42 Å². The lowest BCUT2D eigenvalue weighted by molar-refractivity contribution is 0.0939. The van der Waals surface area contributed by atoms with Crippen LogP contribution in [0.3, 0.4) is 0 Å². The van der Waals surface area contributed by atoms with Crippen LogP contribution in [0.5, 0.6) is 0 Å². The molecule has 2 rings (SSSR count). The monoisotopic (exact) mass is 303 g/mol. The van der Waals surface area contributed by atoms with Gasteiger partial charge in [0.2, 0.25) is 0 Å². The predicted octanol–water partition coefficient (Wildman–Crippen LogP) is 1.72. The van der Waals surface area contributed by atoms with Crippen molar-refractivity contribution in [3.63, 3.8) is 0 Å². The summed E-state index contributed by atoms with van der Waals surface area (Å²) in [5.41, 5.74) is 1.32. The van der Waals surface area contributed by atoms with Gasteiger partial charge in [0, 0.05) is 37.2 Å². The standard InChI is InChI=1S/C15H17N3O2S/c19-10-11(8-12-4-1-2-6-16-12)9-18-14(20)13-5-3-7-17-15(13)21/h1-7,11,19H,8-10H2,(H,17,21)(H,18,20)/t11-/m0/s1. The number of aromatic amines is 1. The highest BCUT2D eigenvalue weighted by molar-refractivity contribution is 7.71. The van der Waals surface area contributed by atoms with Crippen molar-refractivity contribution < 1.29 is 9.90 Å². The smallest absolute Gasteiger partial charge is 0.254 e. The lowest BCUT2D eigenvalue weighted by Gasteiger charge is -2.14. The van der Waals surface area contributed by atoms with Gasteiger partial charge < -0.3 is 15.4 Å². The third-order valence-electron chi connectivity index (χ3n) is 3.10. The Morgan fingerprint density at radius 3 is 2.90 bits per heavy atom. The molecule has 2 aromatic rings. The molecule has 0 aliphatic rings. The summed E-state index contributed by atoms with van der Waals surface area (Å²) in [5, 5.41) is 12.2. The van der Waals surface area contributed by atoms with Crippen LogP contribution in [0, 0.1) is 10.6 Å². The molecule has 0 bridgehead atoms. The van der Waals surface area contributed by atoms with Crippen LogP contribution in [0.15, 0.2) is 42.7 Å². The molecule has 0 aliphatic carbocycles. The number of aliphatic hydroxyl groups excluding tert-OH is 1. The van der Waals surface area contributed by atoms with Crippen molar-refractivity contribution in [1.82, 2.24) is 15.3 Å². The highest BCUT2D eigenvalue weighted by Gasteiger charge is 2.13. The Morgan fingerprint density at radius 1 is 1.38 bits per heavy atom. The number of nitrogens with zero attached hydrogens (tertiary/aromatic N) is 1. The third-order valence-corrected chi connectivity index (χ3v) is 3.43. The number of carbonyl (C=O) groups excluding carboxylic acids is 1. The van der Waals surface area contributed by atoms with E-state index in [1.54, 1.807) is 24.5 Å².